The standard InChI is InChI=1S/C17H15N3O6S/c1-3-26-15(22)7-11-8-19-13(9-21)16(18-17(19)27-11)10-4-5-14(25-2)12(6-10)20(23)24/h4-6,8-9H,3,7H2,1-2H3. The highest BCUT2D eigenvalue weighted by atomic mass is 32.1. The molecule has 0 unspecified atom stereocenters. The molecule has 0 atom stereocenters. The van der Waals surface area contributed by atoms with Crippen molar-refractivity contribution in [2.75, 3.05) is 13.7 Å². The number of nitro groups is 1. The van der Waals surface area contributed by atoms with E-state index >= 15 is 0 Å². The van der Waals surface area contributed by atoms with E-state index in [0.717, 1.165) is 0 Å². The van der Waals surface area contributed by atoms with Crippen LogP contribution in [0.4, 0.5) is 5.69 Å². The zero-order valence-electron chi connectivity index (χ0n) is 14.5. The predicted molar refractivity (Wildman–Crippen MR) is 97.4 cm³/mol. The smallest absolute Gasteiger partial charge is 0.311 e. The number of benzene rings is 1. The molecule has 3 rings (SSSR count). The number of fused-ring (bicyclic) bond motifs is 1. The van der Waals surface area contributed by atoms with E-state index in [0.29, 0.717) is 34.0 Å². The molecule has 0 amide bonds. The maximum absolute atomic E-state index is 11.6. The van der Waals surface area contributed by atoms with Gasteiger partial charge in [-0.15, -0.1) is 11.3 Å². The summed E-state index contributed by atoms with van der Waals surface area (Å²) in [5, 5.41) is 11.2. The second-order valence-corrected chi connectivity index (χ2v) is 6.53. The number of nitro benzene ring substituents is 1. The van der Waals surface area contributed by atoms with Crippen LogP contribution in [0.2, 0.25) is 0 Å². The van der Waals surface area contributed by atoms with Crippen LogP contribution in [-0.2, 0) is 16.0 Å². The number of methoxy groups -OCH3 is 1. The van der Waals surface area contributed by atoms with Crippen molar-refractivity contribution in [3.63, 3.8) is 0 Å². The number of rotatable bonds is 7. The molecule has 10 heteroatoms. The minimum atomic E-state index is -0.557. The maximum atomic E-state index is 11.6. The highest BCUT2D eigenvalue weighted by Gasteiger charge is 2.21. The van der Waals surface area contributed by atoms with Gasteiger partial charge in [-0.1, -0.05) is 0 Å². The van der Waals surface area contributed by atoms with Gasteiger partial charge in [0.05, 0.1) is 25.1 Å². The van der Waals surface area contributed by atoms with Gasteiger partial charge in [0.15, 0.2) is 17.0 Å². The number of imidazole rings is 1. The van der Waals surface area contributed by atoms with Crippen LogP contribution < -0.4 is 4.74 Å². The summed E-state index contributed by atoms with van der Waals surface area (Å²) in [5.74, 6) is -0.241. The Morgan fingerprint density at radius 3 is 2.85 bits per heavy atom. The van der Waals surface area contributed by atoms with Crippen molar-refractivity contribution in [2.45, 2.75) is 13.3 Å². The van der Waals surface area contributed by atoms with E-state index in [1.165, 1.54) is 30.6 Å². The van der Waals surface area contributed by atoms with Crippen molar-refractivity contribution in [3.8, 4) is 17.0 Å². The first kappa shape index (κ1) is 18.5. The van der Waals surface area contributed by atoms with Gasteiger partial charge in [-0.3, -0.25) is 24.1 Å². The summed E-state index contributed by atoms with van der Waals surface area (Å²) in [5.41, 5.74) is 0.777. The summed E-state index contributed by atoms with van der Waals surface area (Å²) in [6.07, 6.45) is 2.37. The van der Waals surface area contributed by atoms with Crippen molar-refractivity contribution in [1.29, 1.82) is 0 Å². The molecule has 2 aromatic heterocycles. The highest BCUT2D eigenvalue weighted by molar-refractivity contribution is 7.17. The third kappa shape index (κ3) is 3.51. The van der Waals surface area contributed by atoms with Crippen LogP contribution in [-0.4, -0.2) is 40.3 Å². The average Bonchev–Trinajstić information content (AvgIpc) is 3.17. The minimum Gasteiger partial charge on any atom is -0.490 e. The molecule has 1 aromatic carbocycles. The summed E-state index contributed by atoms with van der Waals surface area (Å²) in [6.45, 7) is 2.02. The van der Waals surface area contributed by atoms with Crippen LogP contribution in [0, 0.1) is 10.1 Å². The van der Waals surface area contributed by atoms with Gasteiger partial charge < -0.3 is 9.47 Å². The number of carbonyl (C=O) groups excluding carboxylic acids is 2. The number of aromatic nitrogens is 2. The number of nitrogens with zero attached hydrogens (tertiary/aromatic N) is 3. The Labute approximate surface area is 157 Å². The summed E-state index contributed by atoms with van der Waals surface area (Å²) in [7, 11) is 1.34. The normalized spacial score (nSPS) is 10.7. The predicted octanol–water partition coefficient (Wildman–Crippen LogP) is 2.90. The van der Waals surface area contributed by atoms with Crippen LogP contribution >= 0.6 is 11.3 Å². The van der Waals surface area contributed by atoms with Crippen molar-refractivity contribution in [1.82, 2.24) is 9.38 Å². The van der Waals surface area contributed by atoms with Gasteiger partial charge in [-0.05, 0) is 19.1 Å². The van der Waals surface area contributed by atoms with Crippen molar-refractivity contribution in [2.24, 2.45) is 0 Å². The monoisotopic (exact) mass is 389 g/mol. The van der Waals surface area contributed by atoms with Gasteiger partial charge in [0, 0.05) is 22.7 Å². The number of thiazole rings is 1. The van der Waals surface area contributed by atoms with Gasteiger partial charge in [0.25, 0.3) is 0 Å². The van der Waals surface area contributed by atoms with E-state index < -0.39 is 4.92 Å². The Bertz CT molecular complexity index is 1040. The number of esters is 1. The molecule has 0 fully saturated rings. The van der Waals surface area contributed by atoms with E-state index in [4.69, 9.17) is 9.47 Å². The Morgan fingerprint density at radius 2 is 2.22 bits per heavy atom. The summed E-state index contributed by atoms with van der Waals surface area (Å²) in [6, 6.07) is 4.38. The molecule has 0 spiro atoms. The lowest BCUT2D eigenvalue weighted by Gasteiger charge is -2.04. The average molecular weight is 389 g/mol. The molecule has 0 radical (unpaired) electrons. The first-order chi connectivity index (χ1) is 13.0. The lowest BCUT2D eigenvalue weighted by atomic mass is 10.1. The Hall–Kier alpha value is -3.27. The second-order valence-electron chi connectivity index (χ2n) is 5.44. The van der Waals surface area contributed by atoms with Crippen molar-refractivity contribution < 1.29 is 24.0 Å². The van der Waals surface area contributed by atoms with E-state index in [1.807, 2.05) is 0 Å². The number of aldehydes is 1. The van der Waals surface area contributed by atoms with Gasteiger partial charge in [-0.2, -0.15) is 0 Å². The van der Waals surface area contributed by atoms with E-state index in [2.05, 4.69) is 4.98 Å². The quantitative estimate of drug-likeness (QED) is 0.264. The lowest BCUT2D eigenvalue weighted by molar-refractivity contribution is -0.385. The zero-order chi connectivity index (χ0) is 19.6. The Balaban J connectivity index is 2.04. The zero-order valence-corrected chi connectivity index (χ0v) is 15.3. The van der Waals surface area contributed by atoms with Crippen LogP contribution in [0.15, 0.2) is 24.4 Å². The molecule has 0 aliphatic heterocycles. The van der Waals surface area contributed by atoms with Gasteiger partial charge in [0.1, 0.15) is 11.4 Å². The molecule has 9 nitrogen and oxygen atoms in total. The maximum Gasteiger partial charge on any atom is 0.311 e. The number of carbonyl (C=O) groups is 2. The third-order valence-electron chi connectivity index (χ3n) is 3.80. The third-order valence-corrected chi connectivity index (χ3v) is 4.78. The molecule has 3 aromatic rings. The summed E-state index contributed by atoms with van der Waals surface area (Å²) < 4.78 is 11.5. The van der Waals surface area contributed by atoms with Gasteiger partial charge in [0.2, 0.25) is 0 Å². The van der Waals surface area contributed by atoms with Crippen molar-refractivity contribution >= 4 is 34.2 Å². The molecule has 0 aliphatic carbocycles. The molecule has 0 saturated carbocycles. The van der Waals surface area contributed by atoms with E-state index in [-0.39, 0.29) is 29.5 Å². The molecule has 2 heterocycles. The summed E-state index contributed by atoms with van der Waals surface area (Å²) in [4.78, 5) is 39.6. The fourth-order valence-corrected chi connectivity index (χ4v) is 3.62. The van der Waals surface area contributed by atoms with Gasteiger partial charge >= 0.3 is 11.7 Å². The van der Waals surface area contributed by atoms with Crippen molar-refractivity contribution in [3.05, 3.63) is 45.1 Å². The SMILES string of the molecule is CCOC(=O)Cc1cn2c(C=O)c(-c3ccc(OC)c([N+](=O)[O-])c3)nc2s1. The fourth-order valence-electron chi connectivity index (χ4n) is 2.65. The van der Waals surface area contributed by atoms with Crippen LogP contribution in [0.25, 0.3) is 16.2 Å². The number of hydrogen-bond donors (Lipinski definition) is 0. The molecular weight excluding hydrogens is 374 g/mol. The lowest BCUT2D eigenvalue weighted by Crippen LogP contribution is -2.06. The molecule has 140 valence electrons. The fraction of sp³-hybridized carbons (Fsp3) is 0.235. The largest absolute Gasteiger partial charge is 0.490 e. The topological polar surface area (TPSA) is 113 Å². The second kappa shape index (κ2) is 7.54. The molecule has 0 N–H and O–H groups in total. The van der Waals surface area contributed by atoms with E-state index in [1.54, 1.807) is 23.6 Å². The number of hydrogen-bond acceptors (Lipinski definition) is 8. The highest BCUT2D eigenvalue weighted by Crippen LogP contribution is 2.34. The van der Waals surface area contributed by atoms with Gasteiger partial charge in [-0.25, -0.2) is 4.98 Å². The first-order valence-corrected chi connectivity index (χ1v) is 8.74. The van der Waals surface area contributed by atoms with E-state index in [9.17, 15) is 19.7 Å². The minimum absolute atomic E-state index is 0.0868. The molecule has 0 bridgehead atoms. The Kier molecular flexibility index (Phi) is 5.17. The van der Waals surface area contributed by atoms with Crippen LogP contribution in [0.1, 0.15) is 22.3 Å². The first-order valence-electron chi connectivity index (χ1n) is 7.92. The van der Waals surface area contributed by atoms with Crippen LogP contribution in [0.3, 0.4) is 0 Å². The molecule has 27 heavy (non-hydrogen) atoms. The molecular formula is C17H15N3O6S. The van der Waals surface area contributed by atoms with Crippen LogP contribution in [0.5, 0.6) is 5.75 Å². The number of ether oxygens (including phenoxy) is 2. The molecule has 0 saturated heterocycles. The summed E-state index contributed by atoms with van der Waals surface area (Å²) >= 11 is 1.25. The Morgan fingerprint density at radius 1 is 1.44 bits per heavy atom. The molecule has 0 aliphatic rings.